The molecule has 0 saturated heterocycles. The molecule has 0 N–H and O–H groups in total. The number of rotatable bonds is 0. The number of carbonyl (C=O) groups excluding carboxylic acids is 1. The molecule has 2 aromatic rings. The zero-order valence-electron chi connectivity index (χ0n) is 10.2. The van der Waals surface area contributed by atoms with Crippen molar-refractivity contribution in [1.29, 1.82) is 0 Å². The quantitative estimate of drug-likeness (QED) is 0.730. The van der Waals surface area contributed by atoms with Crippen molar-refractivity contribution in [1.82, 2.24) is 4.98 Å². The van der Waals surface area contributed by atoms with Crippen LogP contribution in [0.4, 0.5) is 13.2 Å². The van der Waals surface area contributed by atoms with E-state index in [2.05, 4.69) is 4.98 Å². The van der Waals surface area contributed by atoms with Gasteiger partial charge in [-0.25, -0.2) is 0 Å². The van der Waals surface area contributed by atoms with E-state index in [0.717, 1.165) is 0 Å². The number of benzene rings is 1. The molecule has 0 radical (unpaired) electrons. The number of halogens is 4. The Labute approximate surface area is 117 Å². The van der Waals surface area contributed by atoms with Crippen LogP contribution in [0.15, 0.2) is 24.3 Å². The molecule has 1 aromatic heterocycles. The molecule has 1 aromatic carbocycles. The van der Waals surface area contributed by atoms with E-state index in [1.54, 1.807) is 24.3 Å². The number of fused-ring (bicyclic) bond motifs is 2. The van der Waals surface area contributed by atoms with Crippen LogP contribution < -0.4 is 0 Å². The standard InChI is InChI=1S/C14H9ClF3NO/c15-9-1-2-11-7(3-9)4-10-12(19-11)5-8(6-13(10)20)14(16,17)18/h1-4,8H,5-6H2. The second kappa shape index (κ2) is 4.45. The van der Waals surface area contributed by atoms with E-state index in [9.17, 15) is 18.0 Å². The summed E-state index contributed by atoms with van der Waals surface area (Å²) in [7, 11) is 0. The van der Waals surface area contributed by atoms with E-state index < -0.39 is 24.3 Å². The largest absolute Gasteiger partial charge is 0.392 e. The zero-order valence-corrected chi connectivity index (χ0v) is 10.9. The smallest absolute Gasteiger partial charge is 0.294 e. The minimum atomic E-state index is -4.37. The van der Waals surface area contributed by atoms with Gasteiger partial charge in [0.25, 0.3) is 0 Å². The van der Waals surface area contributed by atoms with Gasteiger partial charge in [-0.2, -0.15) is 13.2 Å². The maximum absolute atomic E-state index is 12.8. The maximum atomic E-state index is 12.8. The molecule has 3 rings (SSSR count). The number of aromatic nitrogens is 1. The second-order valence-corrected chi connectivity index (χ2v) is 5.33. The molecular formula is C14H9ClF3NO. The van der Waals surface area contributed by atoms with E-state index in [4.69, 9.17) is 11.6 Å². The summed E-state index contributed by atoms with van der Waals surface area (Å²) in [6.07, 6.45) is -5.13. The molecule has 1 aliphatic carbocycles. The van der Waals surface area contributed by atoms with Gasteiger partial charge < -0.3 is 0 Å². The topological polar surface area (TPSA) is 30.0 Å². The molecule has 1 atom stereocenters. The minimum absolute atomic E-state index is 0.221. The first-order valence-corrected chi connectivity index (χ1v) is 6.41. The number of carbonyl (C=O) groups is 1. The number of Topliss-reactive ketones (excluding diaryl/α,β-unsaturated/α-hetero) is 1. The fraction of sp³-hybridized carbons (Fsp3) is 0.286. The monoisotopic (exact) mass is 299 g/mol. The lowest BCUT2D eigenvalue weighted by atomic mass is 9.85. The van der Waals surface area contributed by atoms with Gasteiger partial charge in [-0.3, -0.25) is 9.78 Å². The van der Waals surface area contributed by atoms with Gasteiger partial charge in [-0.15, -0.1) is 0 Å². The molecule has 1 aliphatic rings. The average molecular weight is 300 g/mol. The third-order valence-electron chi connectivity index (χ3n) is 3.49. The van der Waals surface area contributed by atoms with Crippen LogP contribution in [0, 0.1) is 5.92 Å². The molecule has 6 heteroatoms. The van der Waals surface area contributed by atoms with E-state index in [1.807, 2.05) is 0 Å². The molecule has 0 spiro atoms. The van der Waals surface area contributed by atoms with Crippen molar-refractivity contribution >= 4 is 28.3 Å². The van der Waals surface area contributed by atoms with Gasteiger partial charge in [0.1, 0.15) is 0 Å². The van der Waals surface area contributed by atoms with Gasteiger partial charge in [0.05, 0.1) is 17.1 Å². The zero-order chi connectivity index (χ0) is 14.5. The summed E-state index contributed by atoms with van der Waals surface area (Å²) in [5.41, 5.74) is 1.04. The molecule has 1 heterocycles. The molecule has 104 valence electrons. The molecule has 0 amide bonds. The highest BCUT2D eigenvalue weighted by atomic mass is 35.5. The summed E-state index contributed by atoms with van der Waals surface area (Å²) in [6.45, 7) is 0. The van der Waals surface area contributed by atoms with Crippen molar-refractivity contribution in [3.05, 3.63) is 40.5 Å². The van der Waals surface area contributed by atoms with E-state index in [1.165, 1.54) is 0 Å². The fourth-order valence-electron chi connectivity index (χ4n) is 2.46. The van der Waals surface area contributed by atoms with Crippen molar-refractivity contribution in [2.75, 3.05) is 0 Å². The van der Waals surface area contributed by atoms with Crippen molar-refractivity contribution in [3.8, 4) is 0 Å². The average Bonchev–Trinajstić information content (AvgIpc) is 2.36. The van der Waals surface area contributed by atoms with Crippen LogP contribution >= 0.6 is 11.6 Å². The number of pyridine rings is 1. The first-order chi connectivity index (χ1) is 9.34. The molecule has 0 aliphatic heterocycles. The highest BCUT2D eigenvalue weighted by molar-refractivity contribution is 6.31. The predicted molar refractivity (Wildman–Crippen MR) is 68.9 cm³/mol. The van der Waals surface area contributed by atoms with Gasteiger partial charge in [-0.1, -0.05) is 11.6 Å². The second-order valence-electron chi connectivity index (χ2n) is 4.89. The molecular weight excluding hydrogens is 291 g/mol. The summed E-state index contributed by atoms with van der Waals surface area (Å²) >= 11 is 5.86. The lowest BCUT2D eigenvalue weighted by molar-refractivity contribution is -0.174. The Morgan fingerprint density at radius 2 is 1.95 bits per heavy atom. The molecule has 0 saturated carbocycles. The summed E-state index contributed by atoms with van der Waals surface area (Å²) in [5, 5.41) is 1.16. The molecule has 1 unspecified atom stereocenters. The summed E-state index contributed by atoms with van der Waals surface area (Å²) < 4.78 is 38.3. The summed E-state index contributed by atoms with van der Waals surface area (Å²) in [5.74, 6) is -2.15. The normalized spacial score (nSPS) is 19.2. The Bertz CT molecular complexity index is 711. The van der Waals surface area contributed by atoms with Gasteiger partial charge in [-0.05, 0) is 24.3 Å². The van der Waals surface area contributed by atoms with Gasteiger partial charge >= 0.3 is 6.18 Å². The number of ketones is 1. The van der Waals surface area contributed by atoms with E-state index in [-0.39, 0.29) is 17.7 Å². The van der Waals surface area contributed by atoms with E-state index >= 15 is 0 Å². The van der Waals surface area contributed by atoms with Gasteiger partial charge in [0.15, 0.2) is 5.78 Å². The van der Waals surface area contributed by atoms with Crippen LogP contribution in [0.25, 0.3) is 10.9 Å². The van der Waals surface area contributed by atoms with Crippen molar-refractivity contribution in [3.63, 3.8) is 0 Å². The van der Waals surface area contributed by atoms with Gasteiger partial charge in [0, 0.05) is 28.8 Å². The van der Waals surface area contributed by atoms with Crippen molar-refractivity contribution < 1.29 is 18.0 Å². The Balaban J connectivity index is 2.12. The SMILES string of the molecule is O=C1CC(C(F)(F)F)Cc2nc3ccc(Cl)cc3cc21. The molecule has 0 fully saturated rings. The van der Waals surface area contributed by atoms with Crippen LogP contribution in [0.5, 0.6) is 0 Å². The third-order valence-corrected chi connectivity index (χ3v) is 3.73. The number of alkyl halides is 3. The van der Waals surface area contributed by atoms with Crippen LogP contribution in [0.2, 0.25) is 5.02 Å². The highest BCUT2D eigenvalue weighted by Gasteiger charge is 2.44. The summed E-state index contributed by atoms with van der Waals surface area (Å²) in [4.78, 5) is 16.1. The number of hydrogen-bond donors (Lipinski definition) is 0. The van der Waals surface area contributed by atoms with Crippen LogP contribution in [-0.4, -0.2) is 16.9 Å². The minimum Gasteiger partial charge on any atom is -0.294 e. The molecule has 2 nitrogen and oxygen atoms in total. The van der Waals surface area contributed by atoms with Crippen LogP contribution in [0.3, 0.4) is 0 Å². The first kappa shape index (κ1) is 13.4. The van der Waals surface area contributed by atoms with Gasteiger partial charge in [0.2, 0.25) is 0 Å². The van der Waals surface area contributed by atoms with Crippen LogP contribution in [0.1, 0.15) is 22.5 Å². The Hall–Kier alpha value is -1.62. The van der Waals surface area contributed by atoms with E-state index in [0.29, 0.717) is 15.9 Å². The highest BCUT2D eigenvalue weighted by Crippen LogP contribution is 2.37. The van der Waals surface area contributed by atoms with Crippen molar-refractivity contribution in [2.45, 2.75) is 19.0 Å². The lowest BCUT2D eigenvalue weighted by Gasteiger charge is -2.25. The third kappa shape index (κ3) is 2.26. The summed E-state index contributed by atoms with van der Waals surface area (Å²) in [6, 6.07) is 6.49. The predicted octanol–water partition coefficient (Wildman–Crippen LogP) is 4.20. The molecule has 20 heavy (non-hydrogen) atoms. The molecule has 0 bridgehead atoms. The maximum Gasteiger partial charge on any atom is 0.392 e. The number of hydrogen-bond acceptors (Lipinski definition) is 2. The first-order valence-electron chi connectivity index (χ1n) is 6.03. The Morgan fingerprint density at radius 1 is 1.20 bits per heavy atom. The number of nitrogens with zero attached hydrogens (tertiary/aromatic N) is 1. The Kier molecular flexibility index (Phi) is 2.97. The van der Waals surface area contributed by atoms with Crippen molar-refractivity contribution in [2.24, 2.45) is 5.92 Å². The fourth-order valence-corrected chi connectivity index (χ4v) is 2.64. The van der Waals surface area contributed by atoms with Crippen LogP contribution in [-0.2, 0) is 6.42 Å². The Morgan fingerprint density at radius 3 is 2.65 bits per heavy atom. The lowest BCUT2D eigenvalue weighted by Crippen LogP contribution is -2.32.